The molecule has 1 heterocycles. The lowest BCUT2D eigenvalue weighted by atomic mass is 9.87. The zero-order chi connectivity index (χ0) is 21.8. The van der Waals surface area contributed by atoms with Crippen molar-refractivity contribution in [1.82, 2.24) is 0 Å². The zero-order valence-electron chi connectivity index (χ0n) is 18.1. The second-order valence-corrected chi connectivity index (χ2v) is 7.32. The molecule has 0 bridgehead atoms. The minimum atomic E-state index is -0.263. The fourth-order valence-corrected chi connectivity index (χ4v) is 4.09. The minimum Gasteiger partial charge on any atom is -0.497 e. The quantitative estimate of drug-likeness (QED) is 0.532. The van der Waals surface area contributed by atoms with Crippen LogP contribution in [-0.4, -0.2) is 26.2 Å². The van der Waals surface area contributed by atoms with Crippen LogP contribution in [0.3, 0.4) is 0 Å². The van der Waals surface area contributed by atoms with Crippen LogP contribution in [0.4, 0.5) is 5.69 Å². The van der Waals surface area contributed by atoms with Crippen molar-refractivity contribution >= 4 is 11.6 Å². The van der Waals surface area contributed by atoms with Gasteiger partial charge < -0.3 is 19.1 Å². The van der Waals surface area contributed by atoms with Gasteiger partial charge in [0.05, 0.1) is 32.8 Å². The number of nitrogens with zero attached hydrogens (tertiary/aromatic N) is 1. The molecule has 0 spiro atoms. The third-order valence-electron chi connectivity index (χ3n) is 5.43. The van der Waals surface area contributed by atoms with Gasteiger partial charge in [-0.15, -0.1) is 0 Å². The van der Waals surface area contributed by atoms with E-state index in [1.165, 1.54) is 0 Å². The van der Waals surface area contributed by atoms with Gasteiger partial charge in [0, 0.05) is 5.69 Å². The van der Waals surface area contributed by atoms with E-state index in [1.807, 2.05) is 73.3 Å². The average Bonchev–Trinajstić information content (AvgIpc) is 2.80. The third kappa shape index (κ3) is 4.08. The van der Waals surface area contributed by atoms with Gasteiger partial charge in [0.1, 0.15) is 5.75 Å². The summed E-state index contributed by atoms with van der Waals surface area (Å²) >= 11 is 0. The summed E-state index contributed by atoms with van der Waals surface area (Å²) in [6, 6.07) is 21.4. The van der Waals surface area contributed by atoms with Crippen molar-refractivity contribution in [3.63, 3.8) is 0 Å². The van der Waals surface area contributed by atoms with Crippen molar-refractivity contribution in [2.45, 2.75) is 26.3 Å². The number of benzene rings is 3. The number of fused-ring (bicyclic) bond motifs is 1. The van der Waals surface area contributed by atoms with Crippen LogP contribution in [0, 0.1) is 0 Å². The summed E-state index contributed by atoms with van der Waals surface area (Å²) in [6.45, 7) is 4.97. The Labute approximate surface area is 183 Å². The first-order valence-corrected chi connectivity index (χ1v) is 10.6. The molecule has 0 N–H and O–H groups in total. The Morgan fingerprint density at radius 3 is 2.16 bits per heavy atom. The van der Waals surface area contributed by atoms with Gasteiger partial charge in [-0.2, -0.15) is 0 Å². The molecule has 0 fully saturated rings. The first-order valence-electron chi connectivity index (χ1n) is 10.6. The summed E-state index contributed by atoms with van der Waals surface area (Å²) in [7, 11) is 1.63. The van der Waals surface area contributed by atoms with Crippen LogP contribution in [0.25, 0.3) is 0 Å². The third-order valence-corrected chi connectivity index (χ3v) is 5.43. The van der Waals surface area contributed by atoms with Crippen LogP contribution in [0.5, 0.6) is 17.2 Å². The van der Waals surface area contributed by atoms with E-state index in [9.17, 15) is 4.79 Å². The molecule has 0 saturated heterocycles. The molecule has 3 aromatic carbocycles. The zero-order valence-corrected chi connectivity index (χ0v) is 18.1. The minimum absolute atomic E-state index is 0.0399. The number of rotatable bonds is 7. The van der Waals surface area contributed by atoms with Gasteiger partial charge in [0.25, 0.3) is 0 Å². The molecule has 0 aromatic heterocycles. The SMILES string of the molecule is CCOc1cc2c(cc1OCC)[C@@H](c1ccccc1)N(c1ccc(OC)cc1)C(=O)C2. The topological polar surface area (TPSA) is 48.0 Å². The fourth-order valence-electron chi connectivity index (χ4n) is 4.09. The van der Waals surface area contributed by atoms with Crippen molar-refractivity contribution in [2.75, 3.05) is 25.2 Å². The summed E-state index contributed by atoms with van der Waals surface area (Å²) in [4.78, 5) is 15.3. The van der Waals surface area contributed by atoms with Crippen LogP contribution < -0.4 is 19.1 Å². The Bertz CT molecular complexity index is 1050. The van der Waals surface area contributed by atoms with Crippen molar-refractivity contribution < 1.29 is 19.0 Å². The number of hydrogen-bond acceptors (Lipinski definition) is 4. The van der Waals surface area contributed by atoms with Crippen molar-refractivity contribution in [1.29, 1.82) is 0 Å². The maximum Gasteiger partial charge on any atom is 0.232 e. The summed E-state index contributed by atoms with van der Waals surface area (Å²) in [5.41, 5.74) is 3.89. The first kappa shape index (κ1) is 20.8. The van der Waals surface area contributed by atoms with Gasteiger partial charge in [0.2, 0.25) is 5.91 Å². The van der Waals surface area contributed by atoms with Gasteiger partial charge in [-0.25, -0.2) is 0 Å². The van der Waals surface area contributed by atoms with Crippen LogP contribution in [0.2, 0.25) is 0 Å². The second kappa shape index (κ2) is 9.13. The molecule has 31 heavy (non-hydrogen) atoms. The maximum absolute atomic E-state index is 13.4. The number of anilines is 1. The fraction of sp³-hybridized carbons (Fsp3) is 0.269. The van der Waals surface area contributed by atoms with Gasteiger partial charge in [-0.05, 0) is 66.9 Å². The van der Waals surface area contributed by atoms with E-state index in [-0.39, 0.29) is 11.9 Å². The molecule has 160 valence electrons. The average molecular weight is 418 g/mol. The molecule has 1 atom stereocenters. The van der Waals surface area contributed by atoms with Crippen LogP contribution >= 0.6 is 0 Å². The Morgan fingerprint density at radius 1 is 0.903 bits per heavy atom. The van der Waals surface area contributed by atoms with Crippen molar-refractivity contribution in [3.8, 4) is 17.2 Å². The molecule has 0 aliphatic carbocycles. The lowest BCUT2D eigenvalue weighted by Crippen LogP contribution is -2.41. The molecule has 1 aliphatic rings. The molecule has 5 heteroatoms. The van der Waals surface area contributed by atoms with Gasteiger partial charge in [0.15, 0.2) is 11.5 Å². The highest BCUT2D eigenvalue weighted by Gasteiger charge is 2.35. The number of hydrogen-bond donors (Lipinski definition) is 0. The highest BCUT2D eigenvalue weighted by atomic mass is 16.5. The Hall–Kier alpha value is -3.47. The number of methoxy groups -OCH3 is 1. The molecule has 1 aliphatic heterocycles. The Morgan fingerprint density at radius 2 is 1.55 bits per heavy atom. The largest absolute Gasteiger partial charge is 0.497 e. The molecule has 0 radical (unpaired) electrons. The summed E-state index contributed by atoms with van der Waals surface area (Å²) in [5.74, 6) is 2.18. The standard InChI is InChI=1S/C26H27NO4/c1-4-30-23-15-19-16-25(28)27(20-11-13-21(29-3)14-12-20)26(18-9-7-6-8-10-18)22(19)17-24(23)31-5-2/h6-15,17,26H,4-5,16H2,1-3H3/t26-/m1/s1. The maximum atomic E-state index is 13.4. The van der Waals surface area contributed by atoms with E-state index in [0.29, 0.717) is 31.1 Å². The summed E-state index contributed by atoms with van der Waals surface area (Å²) in [5, 5.41) is 0. The Kier molecular flexibility index (Phi) is 6.12. The smallest absolute Gasteiger partial charge is 0.232 e. The molecule has 4 rings (SSSR count). The van der Waals surface area contributed by atoms with E-state index >= 15 is 0 Å². The Balaban J connectivity index is 1.89. The summed E-state index contributed by atoms with van der Waals surface area (Å²) in [6.07, 6.45) is 0.303. The first-order chi connectivity index (χ1) is 15.2. The predicted octanol–water partition coefficient (Wildman–Crippen LogP) is 5.17. The lowest BCUT2D eigenvalue weighted by molar-refractivity contribution is -0.118. The van der Waals surface area contributed by atoms with Crippen LogP contribution in [0.15, 0.2) is 66.7 Å². The summed E-state index contributed by atoms with van der Waals surface area (Å²) < 4.78 is 17.0. The van der Waals surface area contributed by atoms with Crippen molar-refractivity contribution in [3.05, 3.63) is 83.4 Å². The van der Waals surface area contributed by atoms with Gasteiger partial charge in [-0.3, -0.25) is 4.79 Å². The van der Waals surface area contributed by atoms with E-state index in [1.54, 1.807) is 7.11 Å². The molecule has 1 amide bonds. The highest BCUT2D eigenvalue weighted by molar-refractivity contribution is 5.98. The molecule has 5 nitrogen and oxygen atoms in total. The molecular weight excluding hydrogens is 390 g/mol. The van der Waals surface area contributed by atoms with E-state index in [2.05, 4.69) is 12.1 Å². The number of amides is 1. The van der Waals surface area contributed by atoms with E-state index in [4.69, 9.17) is 14.2 Å². The number of ether oxygens (including phenoxy) is 3. The monoisotopic (exact) mass is 417 g/mol. The van der Waals surface area contributed by atoms with Gasteiger partial charge >= 0.3 is 0 Å². The predicted molar refractivity (Wildman–Crippen MR) is 121 cm³/mol. The van der Waals surface area contributed by atoms with Gasteiger partial charge in [-0.1, -0.05) is 30.3 Å². The number of carbonyl (C=O) groups is 1. The van der Waals surface area contributed by atoms with Crippen molar-refractivity contribution in [2.24, 2.45) is 0 Å². The van der Waals surface area contributed by atoms with E-state index in [0.717, 1.165) is 28.1 Å². The van der Waals surface area contributed by atoms with Crippen LogP contribution in [-0.2, 0) is 11.2 Å². The van der Waals surface area contributed by atoms with Crippen LogP contribution in [0.1, 0.15) is 36.6 Å². The molecule has 3 aromatic rings. The molecule has 0 saturated carbocycles. The molecule has 0 unspecified atom stereocenters. The molecular formula is C26H27NO4. The highest BCUT2D eigenvalue weighted by Crippen LogP contribution is 2.43. The van der Waals surface area contributed by atoms with E-state index < -0.39 is 0 Å². The normalized spacial score (nSPS) is 15.4. The lowest BCUT2D eigenvalue weighted by Gasteiger charge is -2.38. The number of carbonyl (C=O) groups excluding carboxylic acids is 1. The second-order valence-electron chi connectivity index (χ2n) is 7.32.